The number of anilines is 3. The number of hydrogen-bond donors (Lipinski definition) is 3. The Morgan fingerprint density at radius 3 is 2.50 bits per heavy atom. The van der Waals surface area contributed by atoms with E-state index in [9.17, 15) is 9.18 Å². The predicted octanol–water partition coefficient (Wildman–Crippen LogP) is 5.29. The number of imidazole rings is 1. The van der Waals surface area contributed by atoms with Gasteiger partial charge in [0.15, 0.2) is 5.65 Å². The molecular formula is C23H25Cl3FN7O2. The van der Waals surface area contributed by atoms with Crippen LogP contribution in [0.4, 0.5) is 22.0 Å². The number of aromatic nitrogens is 4. The van der Waals surface area contributed by atoms with Crippen LogP contribution in [0.2, 0.25) is 15.1 Å². The van der Waals surface area contributed by atoms with Crippen LogP contribution in [-0.4, -0.2) is 50.9 Å². The SMILES string of the molecule is NC(=O)C1CCC(n2c(Nc3c(Cl)cc(Cl)cc3Cl)nc3cnc(N[C@H]4CCOC[C@H]4F)nc32)CC1. The van der Waals surface area contributed by atoms with E-state index < -0.39 is 12.2 Å². The van der Waals surface area contributed by atoms with Crippen molar-refractivity contribution in [1.82, 2.24) is 19.5 Å². The number of amides is 1. The van der Waals surface area contributed by atoms with Gasteiger partial charge in [-0.3, -0.25) is 9.36 Å². The topological polar surface area (TPSA) is 120 Å². The summed E-state index contributed by atoms with van der Waals surface area (Å²) in [4.78, 5) is 25.5. The lowest BCUT2D eigenvalue weighted by Crippen LogP contribution is -2.39. The molecule has 2 aliphatic rings. The number of alkyl halides is 1. The Morgan fingerprint density at radius 2 is 1.83 bits per heavy atom. The normalized spacial score (nSPS) is 24.6. The van der Waals surface area contributed by atoms with Gasteiger partial charge < -0.3 is 21.1 Å². The number of primary amides is 1. The predicted molar refractivity (Wildman–Crippen MR) is 138 cm³/mol. The first-order valence-electron chi connectivity index (χ1n) is 11.7. The van der Waals surface area contributed by atoms with Gasteiger partial charge in [-0.1, -0.05) is 34.8 Å². The number of carbonyl (C=O) groups is 1. The highest BCUT2D eigenvalue weighted by Crippen LogP contribution is 2.40. The molecule has 3 aromatic rings. The molecule has 2 fully saturated rings. The lowest BCUT2D eigenvalue weighted by molar-refractivity contribution is -0.122. The van der Waals surface area contributed by atoms with Crippen LogP contribution in [0.15, 0.2) is 18.3 Å². The number of nitrogens with two attached hydrogens (primary N) is 1. The first-order valence-corrected chi connectivity index (χ1v) is 12.9. The maximum atomic E-state index is 14.3. The molecule has 36 heavy (non-hydrogen) atoms. The van der Waals surface area contributed by atoms with E-state index in [1.165, 1.54) is 0 Å². The Labute approximate surface area is 221 Å². The van der Waals surface area contributed by atoms with Crippen molar-refractivity contribution in [1.29, 1.82) is 0 Å². The first kappa shape index (κ1) is 25.3. The maximum Gasteiger partial charge on any atom is 0.225 e. The molecule has 1 saturated carbocycles. The highest BCUT2D eigenvalue weighted by Gasteiger charge is 2.30. The van der Waals surface area contributed by atoms with Gasteiger partial charge in [0, 0.05) is 23.6 Å². The summed E-state index contributed by atoms with van der Waals surface area (Å²) < 4.78 is 21.5. The monoisotopic (exact) mass is 555 g/mol. The van der Waals surface area contributed by atoms with Crippen molar-refractivity contribution in [2.75, 3.05) is 23.8 Å². The minimum absolute atomic E-state index is 0.0160. The van der Waals surface area contributed by atoms with Crippen LogP contribution < -0.4 is 16.4 Å². The molecule has 3 heterocycles. The highest BCUT2D eigenvalue weighted by molar-refractivity contribution is 6.41. The summed E-state index contributed by atoms with van der Waals surface area (Å²) in [6, 6.07) is 2.72. The van der Waals surface area contributed by atoms with Crippen molar-refractivity contribution in [2.24, 2.45) is 11.7 Å². The lowest BCUT2D eigenvalue weighted by Gasteiger charge is -2.29. The minimum Gasteiger partial charge on any atom is -0.378 e. The number of carbonyl (C=O) groups excluding carboxylic acids is 1. The van der Waals surface area contributed by atoms with Crippen molar-refractivity contribution in [3.63, 3.8) is 0 Å². The van der Waals surface area contributed by atoms with Gasteiger partial charge in [-0.25, -0.2) is 14.4 Å². The summed E-state index contributed by atoms with van der Waals surface area (Å²) >= 11 is 18.9. The van der Waals surface area contributed by atoms with Gasteiger partial charge >= 0.3 is 0 Å². The fraction of sp³-hybridized carbons (Fsp3) is 0.478. The molecule has 192 valence electrons. The second-order valence-electron chi connectivity index (χ2n) is 9.12. The number of halogens is 4. The summed E-state index contributed by atoms with van der Waals surface area (Å²) in [5, 5.41) is 7.43. The van der Waals surface area contributed by atoms with Crippen LogP contribution in [0.5, 0.6) is 0 Å². The van der Waals surface area contributed by atoms with Gasteiger partial charge in [0.25, 0.3) is 0 Å². The standard InChI is InChI=1S/C23H25Cl3FN7O2/c24-12-7-14(25)19(15(26)8-12)32-23-31-18-9-29-22(30-17-5-6-36-10-16(17)27)33-21(18)34(23)13-3-1-11(2-4-13)20(28)35/h7-9,11,13,16-17H,1-6,10H2,(H2,28,35)(H,31,32)(H,29,30,33)/t11?,13?,16-,17+/m1/s1. The number of ether oxygens (including phenoxy) is 1. The molecule has 4 N–H and O–H groups in total. The van der Waals surface area contributed by atoms with Crippen LogP contribution in [0.1, 0.15) is 38.1 Å². The Bertz CT molecular complexity index is 1260. The average molecular weight is 557 g/mol. The van der Waals surface area contributed by atoms with E-state index in [1.807, 2.05) is 4.57 Å². The third kappa shape index (κ3) is 5.18. The van der Waals surface area contributed by atoms with Crippen LogP contribution in [0.25, 0.3) is 11.2 Å². The lowest BCUT2D eigenvalue weighted by atomic mass is 9.85. The van der Waals surface area contributed by atoms with Crippen molar-refractivity contribution in [3.05, 3.63) is 33.4 Å². The van der Waals surface area contributed by atoms with Crippen LogP contribution >= 0.6 is 34.8 Å². The molecule has 1 saturated heterocycles. The van der Waals surface area contributed by atoms with E-state index in [4.69, 9.17) is 55.2 Å². The van der Waals surface area contributed by atoms with Crippen LogP contribution in [0, 0.1) is 5.92 Å². The Kier molecular flexibility index (Phi) is 7.39. The van der Waals surface area contributed by atoms with Gasteiger partial charge in [0.05, 0.1) is 34.6 Å². The summed E-state index contributed by atoms with van der Waals surface area (Å²) in [5.41, 5.74) is 7.11. The first-order chi connectivity index (χ1) is 17.3. The molecule has 2 aromatic heterocycles. The second-order valence-corrected chi connectivity index (χ2v) is 10.4. The van der Waals surface area contributed by atoms with E-state index in [0.717, 1.165) is 0 Å². The summed E-state index contributed by atoms with van der Waals surface area (Å²) in [6.45, 7) is 0.510. The smallest absolute Gasteiger partial charge is 0.225 e. The zero-order valence-corrected chi connectivity index (χ0v) is 21.5. The van der Waals surface area contributed by atoms with Crippen LogP contribution in [0.3, 0.4) is 0 Å². The zero-order chi connectivity index (χ0) is 25.4. The fourth-order valence-corrected chi connectivity index (χ4v) is 5.73. The third-order valence-corrected chi connectivity index (χ3v) is 7.56. The average Bonchev–Trinajstić information content (AvgIpc) is 3.20. The number of rotatable bonds is 6. The van der Waals surface area contributed by atoms with E-state index in [-0.39, 0.29) is 24.5 Å². The third-order valence-electron chi connectivity index (χ3n) is 6.74. The Balaban J connectivity index is 1.53. The van der Waals surface area contributed by atoms with Gasteiger partial charge in [-0.15, -0.1) is 0 Å². The van der Waals surface area contributed by atoms with E-state index in [0.29, 0.717) is 82.5 Å². The molecule has 0 spiro atoms. The molecule has 0 unspecified atom stereocenters. The van der Waals surface area contributed by atoms with Crippen molar-refractivity contribution >= 4 is 69.5 Å². The second kappa shape index (κ2) is 10.5. The van der Waals surface area contributed by atoms with E-state index in [2.05, 4.69) is 15.6 Å². The molecule has 13 heteroatoms. The molecule has 1 aliphatic carbocycles. The summed E-state index contributed by atoms with van der Waals surface area (Å²) in [6.07, 6.45) is 3.67. The Hall–Kier alpha value is -2.40. The number of benzene rings is 1. The van der Waals surface area contributed by atoms with Crippen molar-refractivity contribution < 1.29 is 13.9 Å². The van der Waals surface area contributed by atoms with E-state index >= 15 is 0 Å². The van der Waals surface area contributed by atoms with Gasteiger partial charge in [0.1, 0.15) is 11.7 Å². The minimum atomic E-state index is -1.15. The number of hydrogen-bond acceptors (Lipinski definition) is 7. The molecule has 5 rings (SSSR count). The fourth-order valence-electron chi connectivity index (χ4n) is 4.82. The molecule has 1 aliphatic heterocycles. The molecule has 2 atom stereocenters. The molecule has 1 aromatic carbocycles. The van der Waals surface area contributed by atoms with E-state index in [1.54, 1.807) is 18.3 Å². The highest BCUT2D eigenvalue weighted by atomic mass is 35.5. The summed E-state index contributed by atoms with van der Waals surface area (Å²) in [7, 11) is 0. The van der Waals surface area contributed by atoms with Gasteiger partial charge in [-0.05, 0) is 44.2 Å². The summed E-state index contributed by atoms with van der Waals surface area (Å²) in [5.74, 6) is 0.334. The van der Waals surface area contributed by atoms with Crippen molar-refractivity contribution in [2.45, 2.75) is 50.4 Å². The van der Waals surface area contributed by atoms with Crippen LogP contribution in [-0.2, 0) is 9.53 Å². The largest absolute Gasteiger partial charge is 0.378 e. The number of fused-ring (bicyclic) bond motifs is 1. The van der Waals surface area contributed by atoms with Gasteiger partial charge in [-0.2, -0.15) is 4.98 Å². The molecule has 1 amide bonds. The Morgan fingerprint density at radius 1 is 1.11 bits per heavy atom. The van der Waals surface area contributed by atoms with Crippen molar-refractivity contribution in [3.8, 4) is 0 Å². The maximum absolute atomic E-state index is 14.3. The quantitative estimate of drug-likeness (QED) is 0.377. The molecule has 0 radical (unpaired) electrons. The molecule has 0 bridgehead atoms. The zero-order valence-electron chi connectivity index (χ0n) is 19.2. The number of nitrogens with one attached hydrogen (secondary N) is 2. The number of nitrogens with zero attached hydrogens (tertiary/aromatic N) is 4. The molecule has 9 nitrogen and oxygen atoms in total. The molecular weight excluding hydrogens is 532 g/mol. The van der Waals surface area contributed by atoms with Gasteiger partial charge in [0.2, 0.25) is 17.8 Å².